The molecule has 68 heavy (non-hydrogen) atoms. The van der Waals surface area contributed by atoms with Gasteiger partial charge in [-0.1, -0.05) is 100 Å². The number of anilines is 1. The van der Waals surface area contributed by atoms with E-state index in [9.17, 15) is 29.4 Å². The van der Waals surface area contributed by atoms with Crippen LogP contribution < -0.4 is 27.4 Å². The van der Waals surface area contributed by atoms with E-state index in [2.05, 4.69) is 36.1 Å². The van der Waals surface area contributed by atoms with Crippen molar-refractivity contribution in [3.8, 4) is 27.4 Å². The molecule has 3 aromatic carbocycles. The lowest BCUT2D eigenvalue weighted by molar-refractivity contribution is -0.144. The minimum absolute atomic E-state index is 0.0153. The molecule has 3 heterocycles. The summed E-state index contributed by atoms with van der Waals surface area (Å²) in [6.45, 7) is 9.78. The highest BCUT2D eigenvalue weighted by Crippen LogP contribution is 2.32. The fraction of sp³-hybridized carbons (Fsp3) is 0.373. The molecule has 1 fully saturated rings. The molecule has 0 radical (unpaired) electrons. The number of nitrogens with two attached hydrogens (primary N) is 2. The third-order valence-electron chi connectivity index (χ3n) is 11.9. The van der Waals surface area contributed by atoms with Gasteiger partial charge in [0.2, 0.25) is 23.6 Å². The Labute approximate surface area is 401 Å². The Morgan fingerprint density at radius 2 is 1.65 bits per heavy atom. The number of β-amino-alcohol motifs (C(OH)–C–C–N with tert-alkyl or cyclic N) is 1. The molecule has 9 N–H and O–H groups in total. The number of nitrogens with one attached hydrogen (secondary N) is 3. The highest BCUT2D eigenvalue weighted by molar-refractivity contribution is 7.13. The third-order valence-corrected chi connectivity index (χ3v) is 12.9. The molecule has 17 heteroatoms. The summed E-state index contributed by atoms with van der Waals surface area (Å²) in [7, 11) is 0. The second kappa shape index (κ2) is 23.2. The summed E-state index contributed by atoms with van der Waals surface area (Å²) in [6, 6.07) is 22.3. The molecule has 5 aromatic rings. The maximum Gasteiger partial charge on any atom is 0.249 e. The predicted molar refractivity (Wildman–Crippen MR) is 266 cm³/mol. The van der Waals surface area contributed by atoms with E-state index in [4.69, 9.17) is 11.5 Å². The summed E-state index contributed by atoms with van der Waals surface area (Å²) in [5.74, 6) is -1.26. The fourth-order valence-corrected chi connectivity index (χ4v) is 8.88. The quantitative estimate of drug-likeness (QED) is 0.0352. The molecule has 2 aromatic heterocycles. The number of para-hydroxylation sites is 1. The van der Waals surface area contributed by atoms with Gasteiger partial charge in [-0.2, -0.15) is 0 Å². The minimum atomic E-state index is -0.928. The molecule has 1 aliphatic heterocycles. The van der Waals surface area contributed by atoms with Crippen molar-refractivity contribution in [3.05, 3.63) is 119 Å². The van der Waals surface area contributed by atoms with E-state index in [0.29, 0.717) is 53.8 Å². The topological polar surface area (TPSA) is 251 Å². The van der Waals surface area contributed by atoms with Crippen molar-refractivity contribution in [2.45, 2.75) is 103 Å². The molecular formula is C51H62N10O6S. The Balaban J connectivity index is 0.978. The number of phenolic OH excluding ortho intramolecular Hbond substituents is 1. The molecule has 0 bridgehead atoms. The number of nitrogen functional groups attached to an aromatic ring is 1. The molecule has 358 valence electrons. The minimum Gasteiger partial charge on any atom is -0.507 e. The number of aliphatic imine (C=N–C) groups is 1. The zero-order valence-electron chi connectivity index (χ0n) is 39.2. The van der Waals surface area contributed by atoms with Crippen LogP contribution in [-0.4, -0.2) is 91.4 Å². The Kier molecular flexibility index (Phi) is 17.2. The first-order valence-corrected chi connectivity index (χ1v) is 23.7. The summed E-state index contributed by atoms with van der Waals surface area (Å²) < 4.78 is 0. The number of aliphatic hydroxyl groups is 1. The van der Waals surface area contributed by atoms with E-state index in [1.807, 2.05) is 94.7 Å². The lowest BCUT2D eigenvalue weighted by atomic mass is 9.85. The molecule has 4 amide bonds. The third kappa shape index (κ3) is 12.9. The highest BCUT2D eigenvalue weighted by Gasteiger charge is 2.44. The Hall–Kier alpha value is -6.98. The van der Waals surface area contributed by atoms with Gasteiger partial charge in [0.15, 0.2) is 11.9 Å². The number of likely N-dealkylation sites (tertiary alicyclic amines) is 1. The van der Waals surface area contributed by atoms with Crippen LogP contribution in [0.5, 0.6) is 5.75 Å². The summed E-state index contributed by atoms with van der Waals surface area (Å²) in [4.78, 5) is 66.2. The van der Waals surface area contributed by atoms with E-state index in [0.717, 1.165) is 28.1 Å². The lowest BCUT2D eigenvalue weighted by Crippen LogP contribution is -2.57. The van der Waals surface area contributed by atoms with E-state index in [1.165, 1.54) is 17.3 Å². The highest BCUT2D eigenvalue weighted by atomic mass is 32.1. The number of hydrogen-bond acceptors (Lipinski definition) is 13. The van der Waals surface area contributed by atoms with Crippen molar-refractivity contribution >= 4 is 52.6 Å². The Bertz CT molecular complexity index is 2590. The van der Waals surface area contributed by atoms with Gasteiger partial charge >= 0.3 is 0 Å². The second-order valence-electron chi connectivity index (χ2n) is 18.1. The van der Waals surface area contributed by atoms with Crippen LogP contribution in [-0.2, 0) is 19.2 Å². The zero-order valence-corrected chi connectivity index (χ0v) is 40.0. The van der Waals surface area contributed by atoms with Gasteiger partial charge in [0.1, 0.15) is 17.8 Å². The molecular weight excluding hydrogens is 881 g/mol. The Morgan fingerprint density at radius 3 is 2.32 bits per heavy atom. The average molecular weight is 943 g/mol. The summed E-state index contributed by atoms with van der Waals surface area (Å²) in [6.07, 6.45) is 4.84. The fourth-order valence-electron chi connectivity index (χ4n) is 8.07. The van der Waals surface area contributed by atoms with Gasteiger partial charge in [0, 0.05) is 55.0 Å². The molecule has 0 aliphatic carbocycles. The van der Waals surface area contributed by atoms with Crippen LogP contribution in [0.3, 0.4) is 0 Å². The SMILES string of the molecule is Cc1ncsc1-c1ccc([C@H](C)NC(=O)[C@@H]2C[C@@H](O)CN2C(=O)[C@@H](NC(=O)CCCCCCNC(=O)C(N=CC(=CN)c2cc(-c3ccccc3O)nnc2N)c2ccccc2)C(C)(C)C)cc1. The van der Waals surface area contributed by atoms with Crippen LogP contribution in [0.25, 0.3) is 27.3 Å². The first-order valence-electron chi connectivity index (χ1n) is 22.8. The molecule has 0 spiro atoms. The normalized spacial score (nSPS) is 16.6. The van der Waals surface area contributed by atoms with Crippen LogP contribution in [0.4, 0.5) is 5.82 Å². The predicted octanol–water partition coefficient (Wildman–Crippen LogP) is 6.41. The van der Waals surface area contributed by atoms with Crippen LogP contribution in [0.15, 0.2) is 102 Å². The van der Waals surface area contributed by atoms with Crippen LogP contribution >= 0.6 is 11.3 Å². The number of unbranched alkanes of at least 4 members (excludes halogenated alkanes) is 3. The van der Waals surface area contributed by atoms with Gasteiger partial charge < -0.3 is 42.5 Å². The molecule has 5 atom stereocenters. The smallest absolute Gasteiger partial charge is 0.249 e. The number of amides is 4. The van der Waals surface area contributed by atoms with E-state index in [-0.39, 0.29) is 54.7 Å². The van der Waals surface area contributed by atoms with Crippen molar-refractivity contribution < 1.29 is 29.4 Å². The number of thiazole rings is 1. The number of rotatable bonds is 19. The van der Waals surface area contributed by atoms with Crippen LogP contribution in [0.2, 0.25) is 0 Å². The van der Waals surface area contributed by atoms with E-state index in [1.54, 1.807) is 41.7 Å². The Morgan fingerprint density at radius 1 is 0.941 bits per heavy atom. The summed E-state index contributed by atoms with van der Waals surface area (Å²) in [5.41, 5.74) is 18.6. The van der Waals surface area contributed by atoms with E-state index < -0.39 is 35.6 Å². The maximum atomic E-state index is 14.1. The van der Waals surface area contributed by atoms with Crippen molar-refractivity contribution in [2.75, 3.05) is 18.8 Å². The molecule has 16 nitrogen and oxygen atoms in total. The molecule has 1 saturated heterocycles. The lowest BCUT2D eigenvalue weighted by Gasteiger charge is -2.35. The molecule has 1 unspecified atom stereocenters. The number of aromatic nitrogens is 3. The summed E-state index contributed by atoms with van der Waals surface area (Å²) in [5, 5.41) is 38.2. The number of hydrogen-bond donors (Lipinski definition) is 7. The zero-order chi connectivity index (χ0) is 49.0. The number of carbonyl (C=O) groups excluding carboxylic acids is 4. The number of aliphatic hydroxyl groups excluding tert-OH is 1. The van der Waals surface area contributed by atoms with Crippen molar-refractivity contribution in [3.63, 3.8) is 0 Å². The standard InChI is InChI=1S/C51H62N10O6S/c1-31(33-20-22-35(23-21-33)45-32(2)56-30-68-45)57-48(65)41-25-37(62)29-61(41)50(67)46(51(3,4)5)58-43(64)19-11-6-7-14-24-54-49(66)44(34-15-9-8-10-16-34)55-28-36(27-52)39-26-40(59-60-47(39)53)38-17-12-13-18-42(38)63/h8-10,12-13,15-18,20-23,26-28,30-31,37,41,44,46,62-63H,6-7,11,14,19,24-25,29,52H2,1-5H3,(H2,53,60)(H,54,66)(H,57,65)(H,58,64)/t31-,37+,41-,44?,46+/m0/s1. The average Bonchev–Trinajstić information content (AvgIpc) is 3.94. The van der Waals surface area contributed by atoms with Crippen LogP contribution in [0.1, 0.15) is 101 Å². The van der Waals surface area contributed by atoms with Gasteiger partial charge in [-0.15, -0.1) is 21.5 Å². The van der Waals surface area contributed by atoms with Crippen molar-refractivity contribution in [1.82, 2.24) is 36.0 Å². The van der Waals surface area contributed by atoms with Crippen LogP contribution in [0, 0.1) is 12.3 Å². The van der Waals surface area contributed by atoms with Crippen molar-refractivity contribution in [2.24, 2.45) is 16.1 Å². The molecule has 1 aliphatic rings. The molecule has 0 saturated carbocycles. The molecule has 6 rings (SSSR count). The van der Waals surface area contributed by atoms with Gasteiger partial charge in [-0.25, -0.2) is 4.98 Å². The van der Waals surface area contributed by atoms with Gasteiger partial charge in [-0.05, 0) is 67.0 Å². The number of benzene rings is 3. The first-order chi connectivity index (χ1) is 32.5. The first kappa shape index (κ1) is 50.4. The van der Waals surface area contributed by atoms with Gasteiger partial charge in [0.05, 0.1) is 33.9 Å². The number of phenols is 1. The maximum absolute atomic E-state index is 14.1. The second-order valence-corrected chi connectivity index (χ2v) is 19.0. The largest absolute Gasteiger partial charge is 0.507 e. The summed E-state index contributed by atoms with van der Waals surface area (Å²) >= 11 is 1.57. The van der Waals surface area contributed by atoms with E-state index >= 15 is 0 Å². The number of carbonyl (C=O) groups is 4. The monoisotopic (exact) mass is 942 g/mol. The number of nitrogens with zero attached hydrogens (tertiary/aromatic N) is 5. The van der Waals surface area contributed by atoms with Crippen molar-refractivity contribution in [1.29, 1.82) is 0 Å². The number of aryl methyl sites for hydroxylation is 1. The van der Waals surface area contributed by atoms with Gasteiger partial charge in [0.25, 0.3) is 0 Å². The van der Waals surface area contributed by atoms with Gasteiger partial charge in [-0.3, -0.25) is 24.2 Å². The number of aromatic hydroxyl groups is 1. The number of allylic oxidation sites excluding steroid dienone is 1.